The first-order valence-electron chi connectivity index (χ1n) is 9.55. The van der Waals surface area contributed by atoms with Crippen molar-refractivity contribution in [1.29, 1.82) is 0 Å². The number of rotatable bonds is 4. The van der Waals surface area contributed by atoms with Gasteiger partial charge in [0.2, 0.25) is 0 Å². The highest BCUT2D eigenvalue weighted by Crippen LogP contribution is 2.46. The first-order chi connectivity index (χ1) is 13.5. The fraction of sp³-hybridized carbons (Fsp3) is 0.318. The number of benzene rings is 2. The molecule has 0 unspecified atom stereocenters. The van der Waals surface area contributed by atoms with Crippen molar-refractivity contribution in [2.75, 3.05) is 6.54 Å². The molecule has 1 saturated carbocycles. The number of para-hydroxylation sites is 1. The summed E-state index contributed by atoms with van der Waals surface area (Å²) >= 11 is 0. The number of halogens is 1. The minimum absolute atomic E-state index is 0.112. The van der Waals surface area contributed by atoms with Gasteiger partial charge in [0, 0.05) is 24.2 Å². The number of carbonyl (C=O) groups is 1. The van der Waals surface area contributed by atoms with E-state index in [1.807, 2.05) is 30.0 Å². The molecule has 0 saturated heterocycles. The summed E-state index contributed by atoms with van der Waals surface area (Å²) < 4.78 is 15.7. The zero-order chi connectivity index (χ0) is 19.5. The van der Waals surface area contributed by atoms with Gasteiger partial charge in [-0.1, -0.05) is 30.3 Å². The topological polar surface area (TPSA) is 51.0 Å². The lowest BCUT2D eigenvalue weighted by atomic mass is 10.0. The van der Waals surface area contributed by atoms with E-state index < -0.39 is 0 Å². The summed E-state index contributed by atoms with van der Waals surface area (Å²) in [6, 6.07) is 12.3. The maximum atomic E-state index is 14.1. The van der Waals surface area contributed by atoms with Gasteiger partial charge in [-0.3, -0.25) is 4.79 Å². The fourth-order valence-electron chi connectivity index (χ4n) is 3.94. The van der Waals surface area contributed by atoms with E-state index in [0.29, 0.717) is 23.3 Å². The van der Waals surface area contributed by atoms with Crippen molar-refractivity contribution in [1.82, 2.24) is 19.9 Å². The lowest BCUT2D eigenvalue weighted by molar-refractivity contribution is 0.0748. The molecule has 3 aromatic rings. The third-order valence-electron chi connectivity index (χ3n) is 5.91. The van der Waals surface area contributed by atoms with E-state index in [2.05, 4.69) is 17.2 Å². The van der Waals surface area contributed by atoms with Crippen LogP contribution in [0, 0.1) is 18.2 Å². The summed E-state index contributed by atoms with van der Waals surface area (Å²) in [5.41, 5.74) is 4.81. The van der Waals surface area contributed by atoms with Crippen LogP contribution in [0.3, 0.4) is 0 Å². The Balaban J connectivity index is 1.47. The average Bonchev–Trinajstić information content (AvgIpc) is 3.16. The largest absolute Gasteiger partial charge is 0.334 e. The van der Waals surface area contributed by atoms with Gasteiger partial charge >= 0.3 is 0 Å². The van der Waals surface area contributed by atoms with Gasteiger partial charge in [-0.25, -0.2) is 9.07 Å². The third-order valence-corrected chi connectivity index (χ3v) is 5.91. The lowest BCUT2D eigenvalue weighted by Crippen LogP contribution is -2.29. The van der Waals surface area contributed by atoms with Crippen molar-refractivity contribution in [2.24, 2.45) is 5.41 Å². The number of fused-ring (bicyclic) bond motifs is 1. The number of amides is 1. The van der Waals surface area contributed by atoms with Gasteiger partial charge in [0.25, 0.3) is 5.91 Å². The van der Waals surface area contributed by atoms with Crippen LogP contribution in [-0.4, -0.2) is 32.3 Å². The maximum Gasteiger partial charge on any atom is 0.254 e. The van der Waals surface area contributed by atoms with Gasteiger partial charge in [0.1, 0.15) is 17.2 Å². The smallest absolute Gasteiger partial charge is 0.254 e. The minimum Gasteiger partial charge on any atom is -0.334 e. The number of aromatic nitrogens is 3. The molecule has 6 heteroatoms. The highest BCUT2D eigenvalue weighted by molar-refractivity contribution is 5.99. The van der Waals surface area contributed by atoms with Gasteiger partial charge in [-0.2, -0.15) is 0 Å². The first-order valence-corrected chi connectivity index (χ1v) is 9.55. The number of hydrogen-bond donors (Lipinski definition) is 0. The second-order valence-corrected chi connectivity index (χ2v) is 8.23. The zero-order valence-electron chi connectivity index (χ0n) is 15.9. The number of hydrogen-bond acceptors (Lipinski definition) is 3. The molecule has 0 N–H and O–H groups in total. The Morgan fingerprint density at radius 3 is 2.71 bits per heavy atom. The standard InChI is InChI=1S/C22H21FN4O/c1-14-20(24-25-27(14)19-6-4-3-5-18(19)23)15-7-8-17-16(11-15)12-26(21(17)28)13-22(2)9-10-22/h3-8,11H,9-10,12-13H2,1-2H3. The minimum atomic E-state index is -0.342. The average molecular weight is 376 g/mol. The second-order valence-electron chi connectivity index (χ2n) is 8.23. The van der Waals surface area contributed by atoms with E-state index in [1.54, 1.807) is 18.2 Å². The molecule has 0 bridgehead atoms. The van der Waals surface area contributed by atoms with E-state index in [0.717, 1.165) is 28.9 Å². The summed E-state index contributed by atoms with van der Waals surface area (Å²) in [4.78, 5) is 14.6. The predicted octanol–water partition coefficient (Wildman–Crippen LogP) is 4.14. The maximum absolute atomic E-state index is 14.1. The highest BCUT2D eigenvalue weighted by atomic mass is 19.1. The van der Waals surface area contributed by atoms with Crippen LogP contribution in [0.15, 0.2) is 42.5 Å². The van der Waals surface area contributed by atoms with Crippen molar-refractivity contribution in [2.45, 2.75) is 33.2 Å². The summed E-state index contributed by atoms with van der Waals surface area (Å²) in [6.07, 6.45) is 2.38. The third kappa shape index (κ3) is 2.71. The first kappa shape index (κ1) is 17.1. The SMILES string of the molecule is Cc1c(-c2ccc3c(c2)CN(CC2(C)CC2)C3=O)nnn1-c1ccccc1F. The molecule has 2 aromatic carbocycles. The second kappa shape index (κ2) is 5.99. The van der Waals surface area contributed by atoms with E-state index in [9.17, 15) is 9.18 Å². The Morgan fingerprint density at radius 1 is 1.18 bits per heavy atom. The van der Waals surface area contributed by atoms with Crippen molar-refractivity contribution < 1.29 is 9.18 Å². The van der Waals surface area contributed by atoms with Crippen LogP contribution in [-0.2, 0) is 6.54 Å². The van der Waals surface area contributed by atoms with Gasteiger partial charge < -0.3 is 4.90 Å². The van der Waals surface area contributed by atoms with E-state index in [1.165, 1.54) is 23.6 Å². The van der Waals surface area contributed by atoms with Gasteiger partial charge in [0.15, 0.2) is 0 Å². The Kier molecular flexibility index (Phi) is 3.66. The van der Waals surface area contributed by atoms with Crippen molar-refractivity contribution in [3.63, 3.8) is 0 Å². The molecular weight excluding hydrogens is 355 g/mol. The van der Waals surface area contributed by atoms with Crippen LogP contribution >= 0.6 is 0 Å². The summed E-state index contributed by atoms with van der Waals surface area (Å²) in [5, 5.41) is 8.44. The Bertz CT molecular complexity index is 1100. The monoisotopic (exact) mass is 376 g/mol. The van der Waals surface area contributed by atoms with Crippen molar-refractivity contribution in [3.8, 4) is 16.9 Å². The van der Waals surface area contributed by atoms with Crippen LogP contribution < -0.4 is 0 Å². The molecule has 0 spiro atoms. The summed E-state index contributed by atoms with van der Waals surface area (Å²) in [7, 11) is 0. The molecule has 1 fully saturated rings. The van der Waals surface area contributed by atoms with Gasteiger partial charge in [-0.05, 0) is 55.0 Å². The highest BCUT2D eigenvalue weighted by Gasteiger charge is 2.41. The van der Waals surface area contributed by atoms with Crippen LogP contribution in [0.1, 0.15) is 41.4 Å². The van der Waals surface area contributed by atoms with Crippen molar-refractivity contribution in [3.05, 3.63) is 65.1 Å². The quantitative estimate of drug-likeness (QED) is 0.688. The Labute approximate surface area is 162 Å². The molecule has 142 valence electrons. The molecule has 5 nitrogen and oxygen atoms in total. The Hall–Kier alpha value is -3.02. The summed E-state index contributed by atoms with van der Waals surface area (Å²) in [6.45, 7) is 5.57. The van der Waals surface area contributed by atoms with Gasteiger partial charge in [-0.15, -0.1) is 5.10 Å². The van der Waals surface area contributed by atoms with E-state index in [4.69, 9.17) is 0 Å². The van der Waals surface area contributed by atoms with Crippen molar-refractivity contribution >= 4 is 5.91 Å². The molecule has 1 amide bonds. The molecule has 0 radical (unpaired) electrons. The Morgan fingerprint density at radius 2 is 1.96 bits per heavy atom. The van der Waals surface area contributed by atoms with E-state index in [-0.39, 0.29) is 11.7 Å². The molecule has 5 rings (SSSR count). The molecule has 2 aliphatic rings. The molecule has 1 aliphatic heterocycles. The molecule has 0 atom stereocenters. The van der Waals surface area contributed by atoms with E-state index >= 15 is 0 Å². The number of nitrogens with zero attached hydrogens (tertiary/aromatic N) is 4. The lowest BCUT2D eigenvalue weighted by Gasteiger charge is -2.19. The van der Waals surface area contributed by atoms with Gasteiger partial charge in [0.05, 0.1) is 5.69 Å². The van der Waals surface area contributed by atoms with Crippen LogP contribution in [0.5, 0.6) is 0 Å². The predicted molar refractivity (Wildman–Crippen MR) is 104 cm³/mol. The fourth-order valence-corrected chi connectivity index (χ4v) is 3.94. The normalized spacial score (nSPS) is 17.1. The van der Waals surface area contributed by atoms with Crippen LogP contribution in [0.2, 0.25) is 0 Å². The summed E-state index contributed by atoms with van der Waals surface area (Å²) in [5.74, 6) is -0.229. The molecule has 1 aromatic heterocycles. The van der Waals surface area contributed by atoms with Crippen LogP contribution in [0.4, 0.5) is 4.39 Å². The zero-order valence-corrected chi connectivity index (χ0v) is 15.9. The number of carbonyl (C=O) groups excluding carboxylic acids is 1. The van der Waals surface area contributed by atoms with Crippen LogP contribution in [0.25, 0.3) is 16.9 Å². The molecule has 28 heavy (non-hydrogen) atoms. The molecule has 2 heterocycles. The molecular formula is C22H21FN4O. The molecule has 1 aliphatic carbocycles.